The maximum absolute atomic E-state index is 13.0. The Kier molecular flexibility index (Phi) is 6.16. The lowest BCUT2D eigenvalue weighted by Gasteiger charge is -2.14. The molecule has 9 nitrogen and oxygen atoms in total. The molecule has 0 unspecified atom stereocenters. The molecule has 0 bridgehead atoms. The predicted molar refractivity (Wildman–Crippen MR) is 128 cm³/mol. The minimum absolute atomic E-state index is 0.164. The van der Waals surface area contributed by atoms with Gasteiger partial charge in [0.1, 0.15) is 5.75 Å². The van der Waals surface area contributed by atoms with Crippen LogP contribution in [-0.4, -0.2) is 20.1 Å². The van der Waals surface area contributed by atoms with Crippen molar-refractivity contribution in [1.29, 1.82) is 0 Å². The van der Waals surface area contributed by atoms with E-state index < -0.39 is 21.2 Å². The van der Waals surface area contributed by atoms with Crippen molar-refractivity contribution in [2.24, 2.45) is 0 Å². The van der Waals surface area contributed by atoms with Gasteiger partial charge in [-0.1, -0.05) is 60.4 Å². The molecule has 0 saturated carbocycles. The molecule has 1 aliphatic heterocycles. The van der Waals surface area contributed by atoms with Crippen LogP contribution in [0.1, 0.15) is 5.56 Å². The third-order valence-corrected chi connectivity index (χ3v) is 5.89. The van der Waals surface area contributed by atoms with Gasteiger partial charge in [-0.2, -0.15) is 0 Å². The fourth-order valence-electron chi connectivity index (χ4n) is 3.07. The fraction of sp³-hybridized carbons (Fsp3) is 0. The number of ether oxygens (including phenoxy) is 1. The number of amides is 1. The van der Waals surface area contributed by atoms with Crippen LogP contribution in [-0.2, 0) is 4.79 Å². The number of nitro groups is 2. The van der Waals surface area contributed by atoms with Gasteiger partial charge in [-0.15, -0.1) is 0 Å². The van der Waals surface area contributed by atoms with Crippen molar-refractivity contribution in [3.05, 3.63) is 103 Å². The first-order valence-corrected chi connectivity index (χ1v) is 10.6. The number of non-ortho nitro benzene ring substituents is 1. The molecule has 0 aliphatic carbocycles. The Bertz CT molecular complexity index is 1330. The summed E-state index contributed by atoms with van der Waals surface area (Å²) in [5.74, 6) is -0.227. The number of nitrogens with zero attached hydrogens (tertiary/aromatic N) is 3. The number of hydrogen-bond acceptors (Lipinski definition) is 8. The smallest absolute Gasteiger partial charge is 0.318 e. The molecule has 0 N–H and O–H groups in total. The molecule has 4 rings (SSSR count). The van der Waals surface area contributed by atoms with Crippen LogP contribution in [0.25, 0.3) is 6.08 Å². The van der Waals surface area contributed by atoms with Crippen LogP contribution in [0.5, 0.6) is 11.5 Å². The second-order valence-electron chi connectivity index (χ2n) is 6.66. The summed E-state index contributed by atoms with van der Waals surface area (Å²) >= 11 is 6.51. The van der Waals surface area contributed by atoms with E-state index in [1.165, 1.54) is 11.0 Å². The number of nitro benzene ring substituents is 2. The number of rotatable bonds is 6. The molecule has 1 heterocycles. The van der Waals surface area contributed by atoms with E-state index in [0.717, 1.165) is 23.9 Å². The second-order valence-corrected chi connectivity index (χ2v) is 8.33. The largest absolute Gasteiger partial charge is 0.449 e. The van der Waals surface area contributed by atoms with E-state index in [0.29, 0.717) is 20.5 Å². The molecule has 33 heavy (non-hydrogen) atoms. The molecule has 11 heteroatoms. The quantitative estimate of drug-likeness (QED) is 0.191. The maximum atomic E-state index is 13.0. The number of thiocarbonyl (C=S) groups is 1. The molecule has 1 fully saturated rings. The summed E-state index contributed by atoms with van der Waals surface area (Å²) in [6, 6.07) is 18.8. The number of thioether (sulfide) groups is 1. The zero-order valence-electron chi connectivity index (χ0n) is 16.6. The van der Waals surface area contributed by atoms with Crippen LogP contribution in [0.15, 0.2) is 77.7 Å². The first-order valence-electron chi connectivity index (χ1n) is 9.38. The van der Waals surface area contributed by atoms with E-state index in [1.54, 1.807) is 54.6 Å². The van der Waals surface area contributed by atoms with Gasteiger partial charge in [0.2, 0.25) is 5.75 Å². The average Bonchev–Trinajstić information content (AvgIpc) is 3.08. The lowest BCUT2D eigenvalue weighted by molar-refractivity contribution is -0.394. The fourth-order valence-corrected chi connectivity index (χ4v) is 4.36. The summed E-state index contributed by atoms with van der Waals surface area (Å²) in [5.41, 5.74) is 0.162. The predicted octanol–water partition coefficient (Wildman–Crippen LogP) is 5.70. The highest BCUT2D eigenvalue weighted by molar-refractivity contribution is 8.27. The molecule has 1 aliphatic rings. The van der Waals surface area contributed by atoms with E-state index in [4.69, 9.17) is 17.0 Å². The Morgan fingerprint density at radius 1 is 0.909 bits per heavy atom. The van der Waals surface area contributed by atoms with Crippen LogP contribution >= 0.6 is 24.0 Å². The van der Waals surface area contributed by atoms with Gasteiger partial charge in [0.25, 0.3) is 11.6 Å². The molecule has 1 amide bonds. The highest BCUT2D eigenvalue weighted by Crippen LogP contribution is 2.39. The molecule has 1 saturated heterocycles. The molecule has 0 spiro atoms. The zero-order valence-corrected chi connectivity index (χ0v) is 18.2. The van der Waals surface area contributed by atoms with Gasteiger partial charge in [-0.25, -0.2) is 0 Å². The van der Waals surface area contributed by atoms with Gasteiger partial charge >= 0.3 is 5.69 Å². The van der Waals surface area contributed by atoms with Gasteiger partial charge in [0.15, 0.2) is 4.32 Å². The minimum atomic E-state index is -0.754. The van der Waals surface area contributed by atoms with Crippen molar-refractivity contribution in [3.63, 3.8) is 0 Å². The SMILES string of the molecule is O=C1/C(=C\c2ccccc2Oc2ccc([N+](=O)[O-])cc2[N+](=O)[O-])SC(=S)N1c1ccccc1. The standard InChI is InChI=1S/C22H13N3O6S2/c26-21-20(33-22(32)23(21)15-7-2-1-3-8-15)12-14-6-4-5-9-18(14)31-19-11-10-16(24(27)28)13-17(19)25(29)30/h1-13H/b20-12+. The van der Waals surface area contributed by atoms with E-state index in [-0.39, 0.29) is 17.4 Å². The molecular weight excluding hydrogens is 466 g/mol. The maximum Gasteiger partial charge on any atom is 0.318 e. The van der Waals surface area contributed by atoms with Crippen molar-refractivity contribution in [1.82, 2.24) is 0 Å². The molecule has 0 atom stereocenters. The number of hydrogen-bond donors (Lipinski definition) is 0. The Hall–Kier alpha value is -4.09. The topological polar surface area (TPSA) is 116 Å². The van der Waals surface area contributed by atoms with Crippen LogP contribution in [0.2, 0.25) is 0 Å². The van der Waals surface area contributed by atoms with Crippen molar-refractivity contribution in [3.8, 4) is 11.5 Å². The molecule has 0 radical (unpaired) electrons. The summed E-state index contributed by atoms with van der Waals surface area (Å²) in [6.07, 6.45) is 1.59. The Morgan fingerprint density at radius 3 is 2.30 bits per heavy atom. The Labute approximate surface area is 196 Å². The number of benzene rings is 3. The molecule has 0 aromatic heterocycles. The highest BCUT2D eigenvalue weighted by Gasteiger charge is 2.33. The minimum Gasteiger partial charge on any atom is -0.449 e. The highest BCUT2D eigenvalue weighted by atomic mass is 32.2. The van der Waals surface area contributed by atoms with Gasteiger partial charge < -0.3 is 4.74 Å². The van der Waals surface area contributed by atoms with Crippen LogP contribution in [0, 0.1) is 20.2 Å². The molecule has 164 valence electrons. The Morgan fingerprint density at radius 2 is 1.61 bits per heavy atom. The van der Waals surface area contributed by atoms with E-state index in [9.17, 15) is 25.0 Å². The average molecular weight is 479 g/mol. The summed E-state index contributed by atoms with van der Waals surface area (Å²) in [5, 5.41) is 22.4. The molecular formula is C22H13N3O6S2. The normalized spacial score (nSPS) is 14.5. The van der Waals surface area contributed by atoms with Crippen molar-refractivity contribution >= 4 is 57.3 Å². The number of anilines is 1. The monoisotopic (exact) mass is 479 g/mol. The summed E-state index contributed by atoms with van der Waals surface area (Å²) in [7, 11) is 0. The molecule has 3 aromatic carbocycles. The number of carbonyl (C=O) groups is 1. The van der Waals surface area contributed by atoms with Gasteiger partial charge in [0, 0.05) is 11.6 Å². The summed E-state index contributed by atoms with van der Waals surface area (Å²) in [4.78, 5) is 35.7. The third kappa shape index (κ3) is 4.59. The summed E-state index contributed by atoms with van der Waals surface area (Å²) in [6.45, 7) is 0. The van der Waals surface area contributed by atoms with Crippen molar-refractivity contribution < 1.29 is 19.4 Å². The van der Waals surface area contributed by atoms with Crippen molar-refractivity contribution in [2.45, 2.75) is 0 Å². The van der Waals surface area contributed by atoms with E-state index >= 15 is 0 Å². The van der Waals surface area contributed by atoms with Gasteiger partial charge in [-0.3, -0.25) is 29.9 Å². The summed E-state index contributed by atoms with van der Waals surface area (Å²) < 4.78 is 6.12. The van der Waals surface area contributed by atoms with E-state index in [1.807, 2.05) is 6.07 Å². The Balaban J connectivity index is 1.68. The first-order chi connectivity index (χ1) is 15.8. The first kappa shape index (κ1) is 22.1. The third-order valence-electron chi connectivity index (χ3n) is 4.58. The van der Waals surface area contributed by atoms with Gasteiger partial charge in [-0.05, 0) is 30.3 Å². The lowest BCUT2D eigenvalue weighted by atomic mass is 10.1. The van der Waals surface area contributed by atoms with Crippen molar-refractivity contribution in [2.75, 3.05) is 4.90 Å². The van der Waals surface area contributed by atoms with Gasteiger partial charge in [0.05, 0.1) is 26.5 Å². The lowest BCUT2D eigenvalue weighted by Crippen LogP contribution is -2.27. The van der Waals surface area contributed by atoms with E-state index in [2.05, 4.69) is 0 Å². The number of carbonyl (C=O) groups excluding carboxylic acids is 1. The van der Waals surface area contributed by atoms with Crippen LogP contribution in [0.3, 0.4) is 0 Å². The number of para-hydroxylation sites is 2. The molecule has 3 aromatic rings. The van der Waals surface area contributed by atoms with Crippen LogP contribution < -0.4 is 9.64 Å². The zero-order chi connectivity index (χ0) is 23.5. The van der Waals surface area contributed by atoms with Crippen LogP contribution in [0.4, 0.5) is 17.1 Å². The second kappa shape index (κ2) is 9.18.